The lowest BCUT2D eigenvalue weighted by Gasteiger charge is -2.31. The summed E-state index contributed by atoms with van der Waals surface area (Å²) in [5, 5.41) is 4.47. The molecule has 0 N–H and O–H groups in total. The van der Waals surface area contributed by atoms with Gasteiger partial charge in [0.05, 0.1) is 23.9 Å². The van der Waals surface area contributed by atoms with Crippen LogP contribution < -0.4 is 0 Å². The number of furan rings is 1. The van der Waals surface area contributed by atoms with Gasteiger partial charge in [-0.25, -0.2) is 0 Å². The van der Waals surface area contributed by atoms with Crippen molar-refractivity contribution in [2.24, 2.45) is 7.05 Å². The minimum absolute atomic E-state index is 0.0507. The van der Waals surface area contributed by atoms with Crippen molar-refractivity contribution in [1.82, 2.24) is 14.7 Å². The summed E-state index contributed by atoms with van der Waals surface area (Å²) in [7, 11) is 1.93. The van der Waals surface area contributed by atoms with Crippen LogP contribution in [-0.4, -0.2) is 27.1 Å². The molecule has 1 saturated heterocycles. The predicted octanol–water partition coefficient (Wildman–Crippen LogP) is 3.88. The van der Waals surface area contributed by atoms with Crippen LogP contribution >= 0.6 is 0 Å². The average molecular weight is 329 g/mol. The smallest absolute Gasteiger partial charge is 0.230 e. The molecule has 0 spiro atoms. The summed E-state index contributed by atoms with van der Waals surface area (Å²) < 4.78 is 7.50. The molecule has 0 saturated carbocycles. The van der Waals surface area contributed by atoms with Gasteiger partial charge in [0.15, 0.2) is 0 Å². The number of amides is 1. The van der Waals surface area contributed by atoms with Crippen molar-refractivity contribution >= 4 is 5.91 Å². The van der Waals surface area contributed by atoms with Gasteiger partial charge < -0.3 is 9.32 Å². The lowest BCUT2D eigenvalue weighted by molar-refractivity contribution is -0.135. The third-order valence-corrected chi connectivity index (χ3v) is 5.28. The quantitative estimate of drug-likeness (QED) is 0.859. The third kappa shape index (κ3) is 2.99. The molecule has 0 unspecified atom stereocenters. The molecule has 1 aliphatic rings. The fraction of sp³-hybridized carbons (Fsp3) is 0.579. The van der Waals surface area contributed by atoms with Crippen LogP contribution in [0.5, 0.6) is 0 Å². The molecule has 24 heavy (non-hydrogen) atoms. The number of carbonyl (C=O) groups is 1. The number of aromatic nitrogens is 2. The maximum Gasteiger partial charge on any atom is 0.230 e. The lowest BCUT2D eigenvalue weighted by atomic mass is 9.96. The molecule has 0 aromatic carbocycles. The first kappa shape index (κ1) is 16.8. The summed E-state index contributed by atoms with van der Waals surface area (Å²) in [4.78, 5) is 15.3. The van der Waals surface area contributed by atoms with Crippen LogP contribution in [0.25, 0.3) is 0 Å². The van der Waals surface area contributed by atoms with Crippen LogP contribution in [0.2, 0.25) is 0 Å². The summed E-state index contributed by atoms with van der Waals surface area (Å²) in [6.45, 7) is 6.82. The van der Waals surface area contributed by atoms with Crippen molar-refractivity contribution in [1.29, 1.82) is 0 Å². The van der Waals surface area contributed by atoms with Gasteiger partial charge in [0.2, 0.25) is 5.91 Å². The van der Waals surface area contributed by atoms with Gasteiger partial charge in [0.25, 0.3) is 0 Å². The van der Waals surface area contributed by atoms with Crippen molar-refractivity contribution in [2.45, 2.75) is 58.4 Å². The van der Waals surface area contributed by atoms with Gasteiger partial charge in [0.1, 0.15) is 5.76 Å². The van der Waals surface area contributed by atoms with Gasteiger partial charge in [-0.2, -0.15) is 5.10 Å². The largest absolute Gasteiger partial charge is 0.467 e. The van der Waals surface area contributed by atoms with Crippen molar-refractivity contribution in [3.63, 3.8) is 0 Å². The van der Waals surface area contributed by atoms with Crippen molar-refractivity contribution in [3.8, 4) is 0 Å². The molecule has 1 amide bonds. The number of nitrogens with zero attached hydrogens (tertiary/aromatic N) is 3. The van der Waals surface area contributed by atoms with E-state index < -0.39 is 0 Å². The molecule has 2 aromatic rings. The van der Waals surface area contributed by atoms with Gasteiger partial charge in [-0.3, -0.25) is 9.48 Å². The summed E-state index contributed by atoms with van der Waals surface area (Å²) in [5.41, 5.74) is 3.07. The Kier molecular flexibility index (Phi) is 4.78. The highest BCUT2D eigenvalue weighted by Gasteiger charge is 2.33. The first-order chi connectivity index (χ1) is 11.5. The highest BCUT2D eigenvalue weighted by molar-refractivity contribution is 5.84. The molecule has 0 radical (unpaired) electrons. The van der Waals surface area contributed by atoms with Crippen molar-refractivity contribution in [3.05, 3.63) is 41.1 Å². The monoisotopic (exact) mass is 329 g/mol. The highest BCUT2D eigenvalue weighted by atomic mass is 16.3. The number of carbonyl (C=O) groups excluding carboxylic acids is 1. The Morgan fingerprint density at radius 3 is 2.75 bits per heavy atom. The number of hydrogen-bond acceptors (Lipinski definition) is 3. The van der Waals surface area contributed by atoms with E-state index in [0.717, 1.165) is 48.5 Å². The molecule has 2 atom stereocenters. The molecule has 5 heteroatoms. The first-order valence-electron chi connectivity index (χ1n) is 8.84. The van der Waals surface area contributed by atoms with Gasteiger partial charge in [-0.05, 0) is 45.7 Å². The number of hydrogen-bond donors (Lipinski definition) is 0. The number of aryl methyl sites for hydroxylation is 2. The topological polar surface area (TPSA) is 51.3 Å². The standard InChI is InChI=1S/C19H27N3O2/c1-13(18-14(2)20-21(4)15(18)3)19(23)22-11-7-5-6-9-16(22)17-10-8-12-24-17/h8,10,12-13,16H,5-7,9,11H2,1-4H3/t13-,16+/m0/s1. The molecule has 0 bridgehead atoms. The van der Waals surface area contributed by atoms with Gasteiger partial charge in [0, 0.05) is 24.8 Å². The Labute approximate surface area is 143 Å². The first-order valence-corrected chi connectivity index (χ1v) is 8.84. The van der Waals surface area contributed by atoms with Crippen molar-refractivity contribution in [2.75, 3.05) is 6.54 Å². The van der Waals surface area contributed by atoms with E-state index in [1.165, 1.54) is 6.42 Å². The van der Waals surface area contributed by atoms with Gasteiger partial charge in [-0.15, -0.1) is 0 Å². The Balaban J connectivity index is 1.90. The van der Waals surface area contributed by atoms with Crippen LogP contribution in [0.3, 0.4) is 0 Å². The van der Waals surface area contributed by atoms with E-state index in [9.17, 15) is 4.79 Å². The van der Waals surface area contributed by atoms with E-state index >= 15 is 0 Å². The Hall–Kier alpha value is -2.04. The highest BCUT2D eigenvalue weighted by Crippen LogP contribution is 2.34. The fourth-order valence-corrected chi connectivity index (χ4v) is 3.94. The van der Waals surface area contributed by atoms with Gasteiger partial charge in [-0.1, -0.05) is 12.8 Å². The molecule has 130 valence electrons. The molecular formula is C19H27N3O2. The van der Waals surface area contributed by atoms with E-state index in [4.69, 9.17) is 4.42 Å². The molecule has 1 fully saturated rings. The fourth-order valence-electron chi connectivity index (χ4n) is 3.94. The molecule has 5 nitrogen and oxygen atoms in total. The van der Waals surface area contributed by atoms with E-state index in [2.05, 4.69) is 5.10 Å². The maximum absolute atomic E-state index is 13.3. The predicted molar refractivity (Wildman–Crippen MR) is 92.7 cm³/mol. The zero-order valence-electron chi connectivity index (χ0n) is 15.1. The molecule has 1 aliphatic heterocycles. The van der Waals surface area contributed by atoms with Crippen LogP contribution in [0.4, 0.5) is 0 Å². The molecule has 3 rings (SSSR count). The normalized spacial score (nSPS) is 20.0. The maximum atomic E-state index is 13.3. The van der Waals surface area contributed by atoms with Crippen molar-refractivity contribution < 1.29 is 9.21 Å². The summed E-state index contributed by atoms with van der Waals surface area (Å²) in [5.74, 6) is 0.892. The average Bonchev–Trinajstić information content (AvgIpc) is 3.08. The van der Waals surface area contributed by atoms with E-state index in [1.807, 2.05) is 49.5 Å². The minimum atomic E-state index is -0.186. The lowest BCUT2D eigenvalue weighted by Crippen LogP contribution is -2.37. The van der Waals surface area contributed by atoms with Gasteiger partial charge >= 0.3 is 0 Å². The second kappa shape index (κ2) is 6.83. The Morgan fingerprint density at radius 1 is 1.33 bits per heavy atom. The van der Waals surface area contributed by atoms with E-state index in [0.29, 0.717) is 0 Å². The minimum Gasteiger partial charge on any atom is -0.467 e. The van der Waals surface area contributed by atoms with Crippen LogP contribution in [0.1, 0.15) is 67.3 Å². The van der Waals surface area contributed by atoms with E-state index in [1.54, 1.807) is 6.26 Å². The number of likely N-dealkylation sites (tertiary alicyclic amines) is 1. The Bertz CT molecular complexity index is 703. The number of rotatable bonds is 3. The summed E-state index contributed by atoms with van der Waals surface area (Å²) >= 11 is 0. The molecule has 0 aliphatic carbocycles. The van der Waals surface area contributed by atoms with Crippen LogP contribution in [-0.2, 0) is 11.8 Å². The van der Waals surface area contributed by atoms with Crippen LogP contribution in [0.15, 0.2) is 22.8 Å². The second-order valence-corrected chi connectivity index (χ2v) is 6.84. The zero-order valence-corrected chi connectivity index (χ0v) is 15.1. The summed E-state index contributed by atoms with van der Waals surface area (Å²) in [6, 6.07) is 3.94. The second-order valence-electron chi connectivity index (χ2n) is 6.84. The summed E-state index contributed by atoms with van der Waals surface area (Å²) in [6.07, 6.45) is 6.02. The third-order valence-electron chi connectivity index (χ3n) is 5.28. The van der Waals surface area contributed by atoms with E-state index in [-0.39, 0.29) is 17.9 Å². The molecular weight excluding hydrogens is 302 g/mol. The Morgan fingerprint density at radius 2 is 2.12 bits per heavy atom. The molecule has 2 aromatic heterocycles. The SMILES string of the molecule is Cc1nn(C)c(C)c1[C@H](C)C(=O)N1CCCCC[C@@H]1c1ccco1. The zero-order chi connectivity index (χ0) is 17.3. The van der Waals surface area contributed by atoms with Crippen LogP contribution in [0, 0.1) is 13.8 Å². The molecule has 3 heterocycles.